The predicted molar refractivity (Wildman–Crippen MR) is 59.1 cm³/mol. The Morgan fingerprint density at radius 2 is 2.24 bits per heavy atom. The van der Waals surface area contributed by atoms with E-state index < -0.39 is 12.0 Å². The number of aromatic amines is 1. The molecule has 1 amide bonds. The lowest BCUT2D eigenvalue weighted by Crippen LogP contribution is -2.44. The van der Waals surface area contributed by atoms with E-state index in [0.29, 0.717) is 12.2 Å². The van der Waals surface area contributed by atoms with Crippen molar-refractivity contribution in [3.8, 4) is 0 Å². The average Bonchev–Trinajstić information content (AvgIpc) is 2.74. The molecule has 0 bridgehead atoms. The molecule has 1 heterocycles. The minimum absolute atomic E-state index is 0.151. The molecule has 0 aliphatic rings. The monoisotopic (exact) mass is 240 g/mol. The molecule has 7 nitrogen and oxygen atoms in total. The third-order valence-electron chi connectivity index (χ3n) is 2.30. The van der Waals surface area contributed by atoms with Crippen molar-refractivity contribution >= 4 is 11.9 Å². The Morgan fingerprint density at radius 1 is 1.53 bits per heavy atom. The molecule has 1 atom stereocenters. The molecule has 0 aromatic carbocycles. The number of nitrogens with one attached hydrogen (secondary N) is 2. The van der Waals surface area contributed by atoms with Gasteiger partial charge in [-0.3, -0.25) is 9.89 Å². The molecule has 3 N–H and O–H groups in total. The fourth-order valence-electron chi connectivity index (χ4n) is 1.34. The molecule has 0 saturated carbocycles. The Balaban J connectivity index is 2.40. The molecule has 0 spiro atoms. The van der Waals surface area contributed by atoms with E-state index >= 15 is 0 Å². The molecular formula is C10H16N4O3. The lowest BCUT2D eigenvalue weighted by Gasteiger charge is -2.17. The smallest absolute Gasteiger partial charge is 0.326 e. The van der Waals surface area contributed by atoms with Crippen LogP contribution in [-0.4, -0.2) is 38.2 Å². The van der Waals surface area contributed by atoms with E-state index in [1.807, 2.05) is 0 Å². The zero-order valence-electron chi connectivity index (χ0n) is 9.80. The molecule has 0 aliphatic carbocycles. The number of aromatic nitrogens is 3. The zero-order valence-corrected chi connectivity index (χ0v) is 9.80. The van der Waals surface area contributed by atoms with Crippen LogP contribution in [0.1, 0.15) is 26.1 Å². The maximum atomic E-state index is 11.5. The zero-order chi connectivity index (χ0) is 12.8. The van der Waals surface area contributed by atoms with Crippen LogP contribution in [0.15, 0.2) is 6.33 Å². The van der Waals surface area contributed by atoms with E-state index in [4.69, 9.17) is 5.11 Å². The Bertz CT molecular complexity index is 375. The Morgan fingerprint density at radius 3 is 2.71 bits per heavy atom. The first-order valence-corrected chi connectivity index (χ1v) is 5.37. The van der Waals surface area contributed by atoms with E-state index in [0.717, 1.165) is 0 Å². The van der Waals surface area contributed by atoms with Gasteiger partial charge in [-0.2, -0.15) is 5.10 Å². The number of rotatable bonds is 6. The van der Waals surface area contributed by atoms with Crippen LogP contribution < -0.4 is 5.32 Å². The van der Waals surface area contributed by atoms with E-state index in [-0.39, 0.29) is 18.2 Å². The quantitative estimate of drug-likeness (QED) is 0.646. The summed E-state index contributed by atoms with van der Waals surface area (Å²) in [6, 6.07) is -0.850. The molecule has 94 valence electrons. The molecule has 7 heteroatoms. The Kier molecular flexibility index (Phi) is 4.62. The molecular weight excluding hydrogens is 224 g/mol. The van der Waals surface area contributed by atoms with Crippen LogP contribution in [0.3, 0.4) is 0 Å². The molecule has 0 saturated heterocycles. The van der Waals surface area contributed by atoms with Crippen LogP contribution in [0.25, 0.3) is 0 Å². The maximum absolute atomic E-state index is 11.5. The summed E-state index contributed by atoms with van der Waals surface area (Å²) in [4.78, 5) is 26.3. The second kappa shape index (κ2) is 5.97. The number of aliphatic carboxylic acids is 1. The number of hydrogen-bond donors (Lipinski definition) is 3. The third kappa shape index (κ3) is 4.21. The topological polar surface area (TPSA) is 108 Å². The minimum Gasteiger partial charge on any atom is -0.480 e. The molecule has 17 heavy (non-hydrogen) atoms. The van der Waals surface area contributed by atoms with Gasteiger partial charge in [-0.25, -0.2) is 9.78 Å². The highest BCUT2D eigenvalue weighted by atomic mass is 16.4. The van der Waals surface area contributed by atoms with Gasteiger partial charge in [0.1, 0.15) is 18.2 Å². The first-order valence-electron chi connectivity index (χ1n) is 5.37. The van der Waals surface area contributed by atoms with Crippen LogP contribution in [0.4, 0.5) is 0 Å². The van der Waals surface area contributed by atoms with Crippen molar-refractivity contribution in [2.24, 2.45) is 5.92 Å². The summed E-state index contributed by atoms with van der Waals surface area (Å²) in [5.74, 6) is -0.867. The van der Waals surface area contributed by atoms with Gasteiger partial charge in [-0.15, -0.1) is 0 Å². The number of nitrogens with zero attached hydrogens (tertiary/aromatic N) is 2. The van der Waals surface area contributed by atoms with E-state index in [1.54, 1.807) is 13.8 Å². The van der Waals surface area contributed by atoms with Crippen molar-refractivity contribution in [1.29, 1.82) is 0 Å². The summed E-state index contributed by atoms with van der Waals surface area (Å²) in [7, 11) is 0. The highest BCUT2D eigenvalue weighted by molar-refractivity contribution is 5.83. The molecule has 0 radical (unpaired) electrons. The van der Waals surface area contributed by atoms with Gasteiger partial charge in [-0.05, 0) is 5.92 Å². The van der Waals surface area contributed by atoms with Gasteiger partial charge in [0, 0.05) is 12.8 Å². The van der Waals surface area contributed by atoms with E-state index in [2.05, 4.69) is 20.5 Å². The second-order valence-corrected chi connectivity index (χ2v) is 4.06. The van der Waals surface area contributed by atoms with E-state index in [9.17, 15) is 9.59 Å². The highest BCUT2D eigenvalue weighted by Crippen LogP contribution is 2.02. The molecule has 1 rings (SSSR count). The standard InChI is InChI=1S/C10H16N4O3/c1-6(2)9(10(16)17)13-8(15)4-3-7-11-5-12-14-7/h5-6,9H,3-4H2,1-2H3,(H,13,15)(H,16,17)(H,11,12,14)/t9-/m1/s1. The maximum Gasteiger partial charge on any atom is 0.326 e. The van der Waals surface area contributed by atoms with E-state index in [1.165, 1.54) is 6.33 Å². The lowest BCUT2D eigenvalue weighted by molar-refractivity contribution is -0.143. The second-order valence-electron chi connectivity index (χ2n) is 4.06. The normalized spacial score (nSPS) is 12.4. The van der Waals surface area contributed by atoms with Gasteiger partial charge >= 0.3 is 5.97 Å². The number of carboxylic acid groups (broad SMARTS) is 1. The van der Waals surface area contributed by atoms with Gasteiger partial charge in [0.05, 0.1) is 0 Å². The molecule has 1 aromatic rings. The summed E-state index contributed by atoms with van der Waals surface area (Å²) in [6.07, 6.45) is 1.96. The summed E-state index contributed by atoms with van der Waals surface area (Å²) < 4.78 is 0. The van der Waals surface area contributed by atoms with Crippen LogP contribution in [0.5, 0.6) is 0 Å². The number of carbonyl (C=O) groups is 2. The van der Waals surface area contributed by atoms with Crippen molar-refractivity contribution in [1.82, 2.24) is 20.5 Å². The molecule has 0 fully saturated rings. The fraction of sp³-hybridized carbons (Fsp3) is 0.600. The average molecular weight is 240 g/mol. The number of amides is 1. The summed E-state index contributed by atoms with van der Waals surface area (Å²) >= 11 is 0. The first-order chi connectivity index (χ1) is 8.00. The van der Waals surface area contributed by atoms with Crippen molar-refractivity contribution in [2.45, 2.75) is 32.7 Å². The van der Waals surface area contributed by atoms with Gasteiger partial charge < -0.3 is 10.4 Å². The lowest BCUT2D eigenvalue weighted by atomic mass is 10.0. The number of H-pyrrole nitrogens is 1. The van der Waals surface area contributed by atoms with Crippen molar-refractivity contribution < 1.29 is 14.7 Å². The van der Waals surface area contributed by atoms with Gasteiger partial charge in [-0.1, -0.05) is 13.8 Å². The Hall–Kier alpha value is -1.92. The fourth-order valence-corrected chi connectivity index (χ4v) is 1.34. The van der Waals surface area contributed by atoms with Crippen molar-refractivity contribution in [3.63, 3.8) is 0 Å². The molecule has 1 aromatic heterocycles. The van der Waals surface area contributed by atoms with Crippen molar-refractivity contribution in [3.05, 3.63) is 12.2 Å². The Labute approximate surface area is 98.6 Å². The van der Waals surface area contributed by atoms with Gasteiger partial charge in [0.25, 0.3) is 0 Å². The predicted octanol–water partition coefficient (Wildman–Crippen LogP) is -0.0373. The number of carboxylic acids is 1. The minimum atomic E-state index is -1.02. The van der Waals surface area contributed by atoms with Crippen molar-refractivity contribution in [2.75, 3.05) is 0 Å². The molecule has 0 unspecified atom stereocenters. The number of hydrogen-bond acceptors (Lipinski definition) is 4. The SMILES string of the molecule is CC(C)[C@@H](NC(=O)CCc1ncn[nH]1)C(=O)O. The van der Waals surface area contributed by atoms with Crippen LogP contribution in [0.2, 0.25) is 0 Å². The van der Waals surface area contributed by atoms with Crippen LogP contribution in [-0.2, 0) is 16.0 Å². The summed E-state index contributed by atoms with van der Waals surface area (Å²) in [5.41, 5.74) is 0. The number of aryl methyl sites for hydroxylation is 1. The summed E-state index contributed by atoms with van der Waals surface area (Å²) in [6.45, 7) is 3.49. The van der Waals surface area contributed by atoms with Gasteiger partial charge in [0.2, 0.25) is 5.91 Å². The first kappa shape index (κ1) is 13.1. The van der Waals surface area contributed by atoms with Crippen LogP contribution >= 0.6 is 0 Å². The number of carbonyl (C=O) groups excluding carboxylic acids is 1. The summed E-state index contributed by atoms with van der Waals surface area (Å²) in [5, 5.41) is 17.7. The highest BCUT2D eigenvalue weighted by Gasteiger charge is 2.23. The third-order valence-corrected chi connectivity index (χ3v) is 2.30. The van der Waals surface area contributed by atoms with Crippen LogP contribution in [0, 0.1) is 5.92 Å². The van der Waals surface area contributed by atoms with Gasteiger partial charge in [0.15, 0.2) is 0 Å². The largest absolute Gasteiger partial charge is 0.480 e. The molecule has 0 aliphatic heterocycles.